The number of ether oxygens (including phenoxy) is 2. The van der Waals surface area contributed by atoms with Gasteiger partial charge in [0.05, 0.1) is 14.2 Å². The van der Waals surface area contributed by atoms with E-state index in [0.29, 0.717) is 0 Å². The van der Waals surface area contributed by atoms with Crippen LogP contribution in [0.2, 0.25) is 0 Å². The molecule has 132 valence electrons. The van der Waals surface area contributed by atoms with Gasteiger partial charge in [-0.15, -0.1) is 0 Å². The number of furan rings is 1. The zero-order chi connectivity index (χ0) is 18.4. The molecule has 0 saturated heterocycles. The van der Waals surface area contributed by atoms with Crippen molar-refractivity contribution in [2.24, 2.45) is 0 Å². The average molecular weight is 354 g/mol. The Hall–Kier alpha value is -3.46. The second kappa shape index (κ2) is 6.06. The van der Waals surface area contributed by atoms with E-state index in [2.05, 4.69) is 42.5 Å². The van der Waals surface area contributed by atoms with Gasteiger partial charge in [0.1, 0.15) is 22.7 Å². The van der Waals surface area contributed by atoms with Crippen LogP contribution in [0.25, 0.3) is 43.8 Å². The molecule has 0 bridgehead atoms. The molecule has 3 heteroatoms. The van der Waals surface area contributed by atoms with Crippen molar-refractivity contribution in [3.63, 3.8) is 0 Å². The smallest absolute Gasteiger partial charge is 0.143 e. The molecular weight excluding hydrogens is 336 g/mol. The molecular formula is C24H18O3. The second-order valence-electron chi connectivity index (χ2n) is 6.55. The van der Waals surface area contributed by atoms with Crippen LogP contribution in [0.5, 0.6) is 11.5 Å². The van der Waals surface area contributed by atoms with E-state index in [-0.39, 0.29) is 0 Å². The molecule has 0 saturated carbocycles. The Labute approximate surface area is 156 Å². The molecule has 5 aromatic rings. The van der Waals surface area contributed by atoms with Crippen molar-refractivity contribution < 1.29 is 13.9 Å². The number of benzene rings is 4. The van der Waals surface area contributed by atoms with E-state index in [9.17, 15) is 0 Å². The van der Waals surface area contributed by atoms with Gasteiger partial charge >= 0.3 is 0 Å². The molecule has 0 aliphatic rings. The second-order valence-corrected chi connectivity index (χ2v) is 6.55. The van der Waals surface area contributed by atoms with Crippen molar-refractivity contribution in [3.05, 3.63) is 72.8 Å². The third-order valence-electron chi connectivity index (χ3n) is 5.05. The monoisotopic (exact) mass is 354 g/mol. The van der Waals surface area contributed by atoms with Crippen molar-refractivity contribution >= 4 is 32.7 Å². The summed E-state index contributed by atoms with van der Waals surface area (Å²) in [6.45, 7) is 0. The first kappa shape index (κ1) is 15.8. The van der Waals surface area contributed by atoms with Crippen molar-refractivity contribution in [1.82, 2.24) is 0 Å². The quantitative estimate of drug-likeness (QED) is 0.374. The summed E-state index contributed by atoms with van der Waals surface area (Å²) in [7, 11) is 3.35. The lowest BCUT2D eigenvalue weighted by atomic mass is 9.96. The molecule has 0 aliphatic carbocycles. The predicted octanol–water partition coefficient (Wildman–Crippen LogP) is 6.42. The van der Waals surface area contributed by atoms with Gasteiger partial charge in [-0.2, -0.15) is 0 Å². The Morgan fingerprint density at radius 2 is 1.52 bits per heavy atom. The van der Waals surface area contributed by atoms with Gasteiger partial charge in [-0.1, -0.05) is 36.4 Å². The highest BCUT2D eigenvalue weighted by molar-refractivity contribution is 6.22. The number of hydrogen-bond acceptors (Lipinski definition) is 3. The van der Waals surface area contributed by atoms with Crippen molar-refractivity contribution in [3.8, 4) is 22.6 Å². The van der Waals surface area contributed by atoms with Crippen LogP contribution >= 0.6 is 0 Å². The molecule has 0 aliphatic heterocycles. The fourth-order valence-electron chi connectivity index (χ4n) is 3.74. The van der Waals surface area contributed by atoms with E-state index in [1.54, 1.807) is 14.2 Å². The Bertz CT molecular complexity index is 1300. The molecule has 3 nitrogen and oxygen atoms in total. The van der Waals surface area contributed by atoms with Gasteiger partial charge in [0.25, 0.3) is 0 Å². The third-order valence-corrected chi connectivity index (χ3v) is 5.05. The molecule has 0 N–H and O–H groups in total. The van der Waals surface area contributed by atoms with Crippen LogP contribution in [0.3, 0.4) is 0 Å². The molecule has 0 fully saturated rings. The number of methoxy groups -OCH3 is 2. The van der Waals surface area contributed by atoms with Gasteiger partial charge < -0.3 is 13.9 Å². The summed E-state index contributed by atoms with van der Waals surface area (Å²) in [5.41, 5.74) is 3.82. The van der Waals surface area contributed by atoms with Crippen molar-refractivity contribution in [2.75, 3.05) is 14.2 Å². The lowest BCUT2D eigenvalue weighted by molar-refractivity contribution is 0.414. The van der Waals surface area contributed by atoms with Crippen LogP contribution in [-0.2, 0) is 0 Å². The molecule has 0 radical (unpaired) electrons. The molecule has 1 heterocycles. The number of hydrogen-bond donors (Lipinski definition) is 0. The van der Waals surface area contributed by atoms with Gasteiger partial charge in [-0.05, 0) is 46.7 Å². The summed E-state index contributed by atoms with van der Waals surface area (Å²) in [5.74, 6) is 1.61. The van der Waals surface area contributed by atoms with E-state index >= 15 is 0 Å². The van der Waals surface area contributed by atoms with Gasteiger partial charge in [-0.3, -0.25) is 0 Å². The third kappa shape index (κ3) is 2.43. The minimum Gasteiger partial charge on any atom is -0.497 e. The largest absolute Gasteiger partial charge is 0.497 e. The minimum absolute atomic E-state index is 0.786. The van der Waals surface area contributed by atoms with Gasteiger partial charge in [0.15, 0.2) is 0 Å². The number of rotatable bonds is 3. The fourth-order valence-corrected chi connectivity index (χ4v) is 3.74. The van der Waals surface area contributed by atoms with E-state index in [1.165, 1.54) is 10.8 Å². The normalized spacial score (nSPS) is 11.3. The molecule has 0 atom stereocenters. The van der Waals surface area contributed by atoms with Crippen LogP contribution < -0.4 is 9.47 Å². The molecule has 0 unspecified atom stereocenters. The highest BCUT2D eigenvalue weighted by atomic mass is 16.5. The van der Waals surface area contributed by atoms with Crippen molar-refractivity contribution in [2.45, 2.75) is 0 Å². The molecule has 1 aromatic heterocycles. The minimum atomic E-state index is 0.786. The summed E-state index contributed by atoms with van der Waals surface area (Å²) in [6.07, 6.45) is 0. The highest BCUT2D eigenvalue weighted by Crippen LogP contribution is 2.42. The zero-order valence-corrected chi connectivity index (χ0v) is 15.2. The van der Waals surface area contributed by atoms with Crippen LogP contribution in [0, 0.1) is 0 Å². The Morgan fingerprint density at radius 1 is 0.704 bits per heavy atom. The van der Waals surface area contributed by atoms with Crippen LogP contribution in [-0.4, -0.2) is 14.2 Å². The molecule has 27 heavy (non-hydrogen) atoms. The van der Waals surface area contributed by atoms with E-state index < -0.39 is 0 Å². The first-order valence-electron chi connectivity index (χ1n) is 8.85. The summed E-state index contributed by atoms with van der Waals surface area (Å²) >= 11 is 0. The zero-order valence-electron chi connectivity index (χ0n) is 15.2. The highest BCUT2D eigenvalue weighted by Gasteiger charge is 2.16. The molecule has 0 amide bonds. The van der Waals surface area contributed by atoms with Gasteiger partial charge in [0.2, 0.25) is 0 Å². The van der Waals surface area contributed by atoms with Gasteiger partial charge in [0, 0.05) is 22.4 Å². The van der Waals surface area contributed by atoms with E-state index in [1.807, 2.05) is 30.3 Å². The summed E-state index contributed by atoms with van der Waals surface area (Å²) in [6, 6.07) is 24.7. The maximum absolute atomic E-state index is 6.34. The maximum Gasteiger partial charge on any atom is 0.143 e. The summed E-state index contributed by atoms with van der Waals surface area (Å²) in [4.78, 5) is 0. The maximum atomic E-state index is 6.34. The Morgan fingerprint density at radius 3 is 2.37 bits per heavy atom. The van der Waals surface area contributed by atoms with Crippen molar-refractivity contribution in [1.29, 1.82) is 0 Å². The van der Waals surface area contributed by atoms with Gasteiger partial charge in [-0.25, -0.2) is 0 Å². The first-order valence-corrected chi connectivity index (χ1v) is 8.85. The van der Waals surface area contributed by atoms with Crippen LogP contribution in [0.1, 0.15) is 0 Å². The fraction of sp³-hybridized carbons (Fsp3) is 0.0833. The first-order chi connectivity index (χ1) is 13.3. The predicted molar refractivity (Wildman–Crippen MR) is 110 cm³/mol. The van der Waals surface area contributed by atoms with E-state index in [4.69, 9.17) is 13.9 Å². The summed E-state index contributed by atoms with van der Waals surface area (Å²) in [5, 5.41) is 4.58. The van der Waals surface area contributed by atoms with Crippen LogP contribution in [0.4, 0.5) is 0 Å². The molecule has 0 spiro atoms. The Balaban J connectivity index is 1.94. The van der Waals surface area contributed by atoms with E-state index in [0.717, 1.165) is 44.6 Å². The lowest BCUT2D eigenvalue weighted by Crippen LogP contribution is -1.85. The average Bonchev–Trinajstić information content (AvgIpc) is 3.12. The lowest BCUT2D eigenvalue weighted by Gasteiger charge is -2.08. The summed E-state index contributed by atoms with van der Waals surface area (Å²) < 4.78 is 17.1. The topological polar surface area (TPSA) is 31.6 Å². The molecule has 4 aromatic carbocycles. The Kier molecular flexibility index (Phi) is 3.54. The standard InChI is InChI=1S/C24H18O3/c1-25-17-8-5-7-15(12-17)21-13-16-6-3-4-9-19(16)23-20-11-10-18(26-2)14-22(20)27-24(21)23/h3-14H,1-2H3. The molecule has 5 rings (SSSR count). The number of fused-ring (bicyclic) bond motifs is 5. The van der Waals surface area contributed by atoms with Crippen LogP contribution in [0.15, 0.2) is 77.2 Å². The SMILES string of the molecule is COc1cccc(-c2cc3ccccc3c3c2oc2cc(OC)ccc23)c1.